The third-order valence-corrected chi connectivity index (χ3v) is 2.84. The van der Waals surface area contributed by atoms with Crippen molar-refractivity contribution < 1.29 is 4.92 Å². The van der Waals surface area contributed by atoms with Crippen LogP contribution >= 0.6 is 0 Å². The Balaban J connectivity index is 3.01. The molecule has 0 aliphatic heterocycles. The van der Waals surface area contributed by atoms with Gasteiger partial charge in [-0.15, -0.1) is 0 Å². The van der Waals surface area contributed by atoms with Crippen LogP contribution in [-0.4, -0.2) is 14.7 Å². The molecule has 0 saturated carbocycles. The lowest BCUT2D eigenvalue weighted by Gasteiger charge is -2.22. The molecule has 1 rings (SSSR count). The number of nitrogens with two attached hydrogens (primary N) is 1. The monoisotopic (exact) mass is 254 g/mol. The fourth-order valence-corrected chi connectivity index (χ4v) is 2.18. The molecule has 0 aromatic carbocycles. The van der Waals surface area contributed by atoms with Gasteiger partial charge in [0.2, 0.25) is 5.82 Å². The summed E-state index contributed by atoms with van der Waals surface area (Å²) in [5.74, 6) is 1.15. The summed E-state index contributed by atoms with van der Waals surface area (Å²) >= 11 is 0. The molecule has 1 aromatic rings. The number of anilines is 1. The van der Waals surface area contributed by atoms with Crippen molar-refractivity contribution in [2.45, 2.75) is 46.6 Å². The molecule has 0 aliphatic rings. The Labute approximate surface area is 107 Å². The third kappa shape index (κ3) is 3.45. The third-order valence-electron chi connectivity index (χ3n) is 2.84. The minimum atomic E-state index is -0.485. The quantitative estimate of drug-likeness (QED) is 0.624. The molecular formula is C12H22N4O2. The normalized spacial score (nSPS) is 11.7. The first-order valence-corrected chi connectivity index (χ1v) is 6.30. The Hall–Kier alpha value is -1.59. The van der Waals surface area contributed by atoms with Crippen LogP contribution in [-0.2, 0) is 0 Å². The second-order valence-corrected chi connectivity index (χ2v) is 5.53. The van der Waals surface area contributed by atoms with Gasteiger partial charge in [-0.05, 0) is 24.7 Å². The molecule has 0 bridgehead atoms. The largest absolute Gasteiger partial charge is 0.378 e. The van der Waals surface area contributed by atoms with E-state index in [4.69, 9.17) is 5.73 Å². The number of aromatic nitrogens is 2. The fourth-order valence-electron chi connectivity index (χ4n) is 2.18. The second-order valence-electron chi connectivity index (χ2n) is 5.53. The Morgan fingerprint density at radius 2 is 1.83 bits per heavy atom. The molecule has 0 spiro atoms. The van der Waals surface area contributed by atoms with Crippen molar-refractivity contribution in [1.82, 2.24) is 9.78 Å². The number of nitro groups is 1. The highest BCUT2D eigenvalue weighted by Crippen LogP contribution is 2.30. The van der Waals surface area contributed by atoms with Gasteiger partial charge in [-0.1, -0.05) is 27.7 Å². The van der Waals surface area contributed by atoms with Crippen LogP contribution in [0.4, 0.5) is 11.5 Å². The van der Waals surface area contributed by atoms with E-state index in [1.807, 2.05) is 0 Å². The molecule has 102 valence electrons. The van der Waals surface area contributed by atoms with Crippen molar-refractivity contribution in [1.29, 1.82) is 0 Å². The highest BCUT2D eigenvalue weighted by atomic mass is 16.6. The molecule has 0 amide bonds. The van der Waals surface area contributed by atoms with E-state index >= 15 is 0 Å². The highest BCUT2D eigenvalue weighted by molar-refractivity contribution is 5.51. The van der Waals surface area contributed by atoms with Gasteiger partial charge < -0.3 is 5.73 Å². The van der Waals surface area contributed by atoms with Crippen molar-refractivity contribution in [2.24, 2.45) is 11.8 Å². The van der Waals surface area contributed by atoms with Crippen molar-refractivity contribution >= 4 is 11.5 Å². The first kappa shape index (κ1) is 14.5. The number of nitrogen functional groups attached to an aromatic ring is 1. The van der Waals surface area contributed by atoms with Crippen LogP contribution < -0.4 is 5.73 Å². The molecule has 0 unspecified atom stereocenters. The van der Waals surface area contributed by atoms with Crippen molar-refractivity contribution in [3.63, 3.8) is 0 Å². The van der Waals surface area contributed by atoms with Gasteiger partial charge in [-0.2, -0.15) is 5.10 Å². The van der Waals surface area contributed by atoms with Crippen LogP contribution in [0.5, 0.6) is 0 Å². The molecular weight excluding hydrogens is 232 g/mol. The van der Waals surface area contributed by atoms with Gasteiger partial charge in [0, 0.05) is 0 Å². The van der Waals surface area contributed by atoms with Crippen LogP contribution in [0.25, 0.3) is 0 Å². The van der Waals surface area contributed by atoms with E-state index in [0.717, 1.165) is 12.8 Å². The topological polar surface area (TPSA) is 87.0 Å². The average molecular weight is 254 g/mol. The van der Waals surface area contributed by atoms with Gasteiger partial charge in [-0.3, -0.25) is 10.1 Å². The molecule has 0 fully saturated rings. The van der Waals surface area contributed by atoms with Gasteiger partial charge in [0.05, 0.1) is 11.0 Å². The van der Waals surface area contributed by atoms with E-state index in [-0.39, 0.29) is 17.5 Å². The molecule has 0 atom stereocenters. The predicted molar refractivity (Wildman–Crippen MR) is 71.2 cm³/mol. The van der Waals surface area contributed by atoms with E-state index in [9.17, 15) is 10.1 Å². The van der Waals surface area contributed by atoms with Crippen molar-refractivity contribution in [2.75, 3.05) is 5.73 Å². The highest BCUT2D eigenvalue weighted by Gasteiger charge is 2.24. The summed E-state index contributed by atoms with van der Waals surface area (Å²) in [5, 5.41) is 14.9. The Bertz CT molecular complexity index is 402. The van der Waals surface area contributed by atoms with Crippen LogP contribution in [0.1, 0.15) is 46.6 Å². The summed E-state index contributed by atoms with van der Waals surface area (Å²) in [5.41, 5.74) is 5.71. The van der Waals surface area contributed by atoms with Gasteiger partial charge in [-0.25, -0.2) is 4.68 Å². The number of nitrogens with zero attached hydrogens (tertiary/aromatic N) is 3. The molecule has 2 N–H and O–H groups in total. The van der Waals surface area contributed by atoms with E-state index in [1.54, 1.807) is 4.68 Å². The maximum absolute atomic E-state index is 10.8. The molecule has 0 aliphatic carbocycles. The molecule has 1 aromatic heterocycles. The first-order valence-electron chi connectivity index (χ1n) is 6.30. The lowest BCUT2D eigenvalue weighted by atomic mass is 9.96. The zero-order chi connectivity index (χ0) is 13.9. The zero-order valence-corrected chi connectivity index (χ0v) is 11.5. The average Bonchev–Trinajstić information content (AvgIpc) is 2.57. The summed E-state index contributed by atoms with van der Waals surface area (Å²) in [6.45, 7) is 8.51. The predicted octanol–water partition coefficient (Wildman–Crippen LogP) is 3.01. The number of hydrogen-bond donors (Lipinski definition) is 1. The second kappa shape index (κ2) is 5.84. The number of rotatable bonds is 6. The minimum absolute atomic E-state index is 0.104. The smallest absolute Gasteiger partial charge is 0.330 e. The molecule has 6 nitrogen and oxygen atoms in total. The first-order chi connectivity index (χ1) is 8.32. The number of hydrogen-bond acceptors (Lipinski definition) is 4. The Kier molecular flexibility index (Phi) is 4.69. The minimum Gasteiger partial charge on any atom is -0.378 e. The Morgan fingerprint density at radius 3 is 2.17 bits per heavy atom. The van der Waals surface area contributed by atoms with E-state index in [1.165, 1.54) is 6.20 Å². The van der Waals surface area contributed by atoms with Gasteiger partial charge in [0.25, 0.3) is 0 Å². The van der Waals surface area contributed by atoms with Crippen LogP contribution in [0.2, 0.25) is 0 Å². The summed E-state index contributed by atoms with van der Waals surface area (Å²) in [6.07, 6.45) is 3.07. The summed E-state index contributed by atoms with van der Waals surface area (Å²) in [7, 11) is 0. The SMILES string of the molecule is CC(C)CC(CC(C)C)n1ncc([N+](=O)[O-])c1N. The molecule has 18 heavy (non-hydrogen) atoms. The summed E-state index contributed by atoms with van der Waals surface area (Å²) < 4.78 is 1.61. The standard InChI is InChI=1S/C12H22N4O2/c1-8(2)5-10(6-9(3)4)15-12(13)11(7-14-15)16(17)18/h7-10H,5-6,13H2,1-4H3. The van der Waals surface area contributed by atoms with Crippen LogP contribution in [0.15, 0.2) is 6.20 Å². The summed E-state index contributed by atoms with van der Waals surface area (Å²) in [4.78, 5) is 10.3. The lowest BCUT2D eigenvalue weighted by Crippen LogP contribution is -2.17. The van der Waals surface area contributed by atoms with Crippen molar-refractivity contribution in [3.8, 4) is 0 Å². The molecule has 1 heterocycles. The Morgan fingerprint density at radius 1 is 1.33 bits per heavy atom. The lowest BCUT2D eigenvalue weighted by molar-refractivity contribution is -0.384. The maximum atomic E-state index is 10.8. The van der Waals surface area contributed by atoms with Gasteiger partial charge in [0.1, 0.15) is 6.20 Å². The van der Waals surface area contributed by atoms with E-state index in [0.29, 0.717) is 11.8 Å². The summed E-state index contributed by atoms with van der Waals surface area (Å²) in [6, 6.07) is 0.124. The van der Waals surface area contributed by atoms with Gasteiger partial charge >= 0.3 is 5.69 Å². The van der Waals surface area contributed by atoms with E-state index < -0.39 is 4.92 Å². The van der Waals surface area contributed by atoms with Gasteiger partial charge in [0.15, 0.2) is 0 Å². The van der Waals surface area contributed by atoms with Crippen molar-refractivity contribution in [3.05, 3.63) is 16.3 Å². The molecule has 6 heteroatoms. The van der Waals surface area contributed by atoms with Crippen LogP contribution in [0, 0.1) is 22.0 Å². The molecule has 0 radical (unpaired) electrons. The fraction of sp³-hybridized carbons (Fsp3) is 0.750. The zero-order valence-electron chi connectivity index (χ0n) is 11.5. The van der Waals surface area contributed by atoms with E-state index in [2.05, 4.69) is 32.8 Å². The molecule has 0 saturated heterocycles. The maximum Gasteiger partial charge on any atom is 0.330 e. The van der Waals surface area contributed by atoms with Crippen LogP contribution in [0.3, 0.4) is 0 Å².